The Morgan fingerprint density at radius 1 is 1.47 bits per heavy atom. The molecule has 0 atom stereocenters. The van der Waals surface area contributed by atoms with Crippen molar-refractivity contribution in [3.63, 3.8) is 0 Å². The molecule has 1 amide bonds. The van der Waals surface area contributed by atoms with Crippen molar-refractivity contribution >= 4 is 11.6 Å². The van der Waals surface area contributed by atoms with Crippen LogP contribution in [0.25, 0.3) is 0 Å². The topological polar surface area (TPSA) is 58.8 Å². The number of anilines is 1. The minimum Gasteiger partial charge on any atom is -0.491 e. The third-order valence-electron chi connectivity index (χ3n) is 3.30. The number of nitrogens with two attached hydrogens (primary N) is 1. The van der Waals surface area contributed by atoms with E-state index < -0.39 is 0 Å². The average Bonchev–Trinajstić information content (AvgIpc) is 2.51. The van der Waals surface area contributed by atoms with Crippen LogP contribution in [0.4, 0.5) is 5.69 Å². The minimum atomic E-state index is 0.0891. The number of carbonyl (C=O) groups excluding carboxylic acids is 1. The molecule has 0 radical (unpaired) electrons. The van der Waals surface area contributed by atoms with Gasteiger partial charge in [-0.3, -0.25) is 4.79 Å². The Kier molecular flexibility index (Phi) is 4.39. The lowest BCUT2D eigenvalue weighted by Crippen LogP contribution is -2.26. The van der Waals surface area contributed by atoms with Gasteiger partial charge in [0.05, 0.1) is 18.7 Å². The van der Waals surface area contributed by atoms with Gasteiger partial charge in [0.25, 0.3) is 0 Å². The van der Waals surface area contributed by atoms with E-state index >= 15 is 0 Å². The van der Waals surface area contributed by atoms with E-state index in [1.807, 2.05) is 25.2 Å². The van der Waals surface area contributed by atoms with Crippen LogP contribution in [0.2, 0.25) is 0 Å². The van der Waals surface area contributed by atoms with E-state index in [1.165, 1.54) is 0 Å². The zero-order valence-electron chi connectivity index (χ0n) is 11.6. The third-order valence-corrected chi connectivity index (χ3v) is 3.30. The van der Waals surface area contributed by atoms with Crippen LogP contribution in [-0.2, 0) is 11.3 Å². The van der Waals surface area contributed by atoms with Crippen molar-refractivity contribution in [2.24, 2.45) is 5.73 Å². The first-order valence-corrected chi connectivity index (χ1v) is 6.52. The van der Waals surface area contributed by atoms with Crippen molar-refractivity contribution in [1.29, 1.82) is 0 Å². The molecule has 0 unspecified atom stereocenters. The molecule has 0 spiro atoms. The van der Waals surface area contributed by atoms with Gasteiger partial charge in [-0.1, -0.05) is 6.07 Å². The molecule has 2 rings (SSSR count). The Balaban J connectivity index is 2.21. The normalized spacial score (nSPS) is 15.2. The van der Waals surface area contributed by atoms with E-state index in [0.717, 1.165) is 30.1 Å². The number of hydrogen-bond acceptors (Lipinski definition) is 4. The van der Waals surface area contributed by atoms with Crippen LogP contribution in [0, 0.1) is 0 Å². The summed E-state index contributed by atoms with van der Waals surface area (Å²) in [6.45, 7) is 2.75. The third kappa shape index (κ3) is 3.24. The molecule has 0 bridgehead atoms. The first kappa shape index (κ1) is 13.8. The standard InChI is InChI=1S/C14H21N3O2/c1-16(7-6-15)10-11-3-4-13-12(9-11)17(2)14(18)5-8-19-13/h3-4,9H,5-8,10,15H2,1-2H3. The molecule has 5 nitrogen and oxygen atoms in total. The highest BCUT2D eigenvalue weighted by molar-refractivity contribution is 5.95. The van der Waals surface area contributed by atoms with Crippen molar-refractivity contribution in [3.8, 4) is 5.75 Å². The summed E-state index contributed by atoms with van der Waals surface area (Å²) in [6, 6.07) is 6.00. The van der Waals surface area contributed by atoms with Crippen molar-refractivity contribution in [3.05, 3.63) is 23.8 Å². The summed E-state index contributed by atoms with van der Waals surface area (Å²) >= 11 is 0. The Bertz CT molecular complexity index is 462. The van der Waals surface area contributed by atoms with Crippen LogP contribution < -0.4 is 15.4 Å². The van der Waals surface area contributed by atoms with Gasteiger partial charge in [-0.05, 0) is 24.7 Å². The summed E-state index contributed by atoms with van der Waals surface area (Å²) in [5.41, 5.74) is 7.54. The number of likely N-dealkylation sites (N-methyl/N-ethyl adjacent to an activating group) is 1. The molecule has 0 fully saturated rings. The molecule has 1 aromatic rings. The van der Waals surface area contributed by atoms with E-state index in [2.05, 4.69) is 4.90 Å². The molecule has 1 heterocycles. The fraction of sp³-hybridized carbons (Fsp3) is 0.500. The fourth-order valence-electron chi connectivity index (χ4n) is 2.21. The minimum absolute atomic E-state index is 0.0891. The molecule has 0 aromatic heterocycles. The summed E-state index contributed by atoms with van der Waals surface area (Å²) < 4.78 is 5.60. The summed E-state index contributed by atoms with van der Waals surface area (Å²) in [6.07, 6.45) is 0.424. The van der Waals surface area contributed by atoms with Crippen LogP contribution in [0.15, 0.2) is 18.2 Å². The lowest BCUT2D eigenvalue weighted by atomic mass is 10.1. The molecule has 104 valence electrons. The van der Waals surface area contributed by atoms with Gasteiger partial charge in [0.15, 0.2) is 0 Å². The SMILES string of the molecule is CN(CCN)Cc1ccc2c(c1)N(C)C(=O)CCO2. The summed E-state index contributed by atoms with van der Waals surface area (Å²) in [7, 11) is 3.83. The smallest absolute Gasteiger partial charge is 0.230 e. The van der Waals surface area contributed by atoms with Crippen LogP contribution in [0.5, 0.6) is 5.75 Å². The van der Waals surface area contributed by atoms with Gasteiger partial charge in [0.2, 0.25) is 5.91 Å². The van der Waals surface area contributed by atoms with Crippen LogP contribution >= 0.6 is 0 Å². The number of hydrogen-bond donors (Lipinski definition) is 1. The molecule has 2 N–H and O–H groups in total. The maximum atomic E-state index is 11.8. The zero-order chi connectivity index (χ0) is 13.8. The Morgan fingerprint density at radius 2 is 2.26 bits per heavy atom. The van der Waals surface area contributed by atoms with Gasteiger partial charge in [-0.2, -0.15) is 0 Å². The van der Waals surface area contributed by atoms with Crippen LogP contribution in [0.1, 0.15) is 12.0 Å². The van der Waals surface area contributed by atoms with Gasteiger partial charge in [0.1, 0.15) is 5.75 Å². The van der Waals surface area contributed by atoms with Crippen molar-refractivity contribution in [2.45, 2.75) is 13.0 Å². The molecule has 0 aliphatic carbocycles. The number of amides is 1. The summed E-state index contributed by atoms with van der Waals surface area (Å²) in [4.78, 5) is 15.7. The molecular weight excluding hydrogens is 242 g/mol. The number of benzene rings is 1. The Labute approximate surface area is 113 Å². The van der Waals surface area contributed by atoms with Crippen molar-refractivity contribution in [1.82, 2.24) is 4.90 Å². The van der Waals surface area contributed by atoms with Gasteiger partial charge < -0.3 is 20.3 Å². The van der Waals surface area contributed by atoms with Crippen molar-refractivity contribution in [2.75, 3.05) is 38.7 Å². The predicted molar refractivity (Wildman–Crippen MR) is 75.4 cm³/mol. The van der Waals surface area contributed by atoms with Crippen LogP contribution in [0.3, 0.4) is 0 Å². The Hall–Kier alpha value is -1.59. The van der Waals surface area contributed by atoms with Gasteiger partial charge >= 0.3 is 0 Å². The molecule has 1 aromatic carbocycles. The monoisotopic (exact) mass is 263 g/mol. The first-order valence-electron chi connectivity index (χ1n) is 6.52. The maximum absolute atomic E-state index is 11.8. The zero-order valence-corrected chi connectivity index (χ0v) is 11.6. The fourth-order valence-corrected chi connectivity index (χ4v) is 2.21. The van der Waals surface area contributed by atoms with E-state index in [4.69, 9.17) is 10.5 Å². The maximum Gasteiger partial charge on any atom is 0.230 e. The molecule has 0 saturated carbocycles. The largest absolute Gasteiger partial charge is 0.491 e. The predicted octanol–water partition coefficient (Wildman–Crippen LogP) is 0.822. The molecule has 1 aliphatic rings. The lowest BCUT2D eigenvalue weighted by Gasteiger charge is -2.20. The number of ether oxygens (including phenoxy) is 1. The number of fused-ring (bicyclic) bond motifs is 1. The molecule has 19 heavy (non-hydrogen) atoms. The highest BCUT2D eigenvalue weighted by Crippen LogP contribution is 2.31. The second-order valence-electron chi connectivity index (χ2n) is 4.88. The van der Waals surface area contributed by atoms with Crippen LogP contribution in [-0.4, -0.2) is 44.6 Å². The number of nitrogens with zero attached hydrogens (tertiary/aromatic N) is 2. The molecule has 0 saturated heterocycles. The number of rotatable bonds is 4. The van der Waals surface area contributed by atoms with Crippen molar-refractivity contribution < 1.29 is 9.53 Å². The quantitative estimate of drug-likeness (QED) is 0.874. The number of carbonyl (C=O) groups is 1. The first-order chi connectivity index (χ1) is 9.11. The second-order valence-corrected chi connectivity index (χ2v) is 4.88. The van der Waals surface area contributed by atoms with E-state index in [1.54, 1.807) is 11.9 Å². The second kappa shape index (κ2) is 6.04. The highest BCUT2D eigenvalue weighted by atomic mass is 16.5. The van der Waals surface area contributed by atoms with E-state index in [-0.39, 0.29) is 5.91 Å². The Morgan fingerprint density at radius 3 is 3.00 bits per heavy atom. The summed E-state index contributed by atoms with van der Waals surface area (Å²) in [5, 5.41) is 0. The van der Waals surface area contributed by atoms with E-state index in [9.17, 15) is 4.79 Å². The van der Waals surface area contributed by atoms with Gasteiger partial charge in [0, 0.05) is 26.7 Å². The molecular formula is C14H21N3O2. The van der Waals surface area contributed by atoms with Gasteiger partial charge in [-0.15, -0.1) is 0 Å². The van der Waals surface area contributed by atoms with Gasteiger partial charge in [-0.25, -0.2) is 0 Å². The summed E-state index contributed by atoms with van der Waals surface area (Å²) in [5.74, 6) is 0.866. The lowest BCUT2D eigenvalue weighted by molar-refractivity contribution is -0.118. The van der Waals surface area contributed by atoms with E-state index in [0.29, 0.717) is 19.6 Å². The highest BCUT2D eigenvalue weighted by Gasteiger charge is 2.20. The average molecular weight is 263 g/mol. The molecule has 1 aliphatic heterocycles. The molecule has 5 heteroatoms.